The van der Waals surface area contributed by atoms with Crippen LogP contribution in [0.2, 0.25) is 0 Å². The highest BCUT2D eigenvalue weighted by atomic mass is 16.2. The van der Waals surface area contributed by atoms with Gasteiger partial charge in [0.05, 0.1) is 7.05 Å². The third-order valence-corrected chi connectivity index (χ3v) is 8.32. The van der Waals surface area contributed by atoms with Crippen LogP contribution >= 0.6 is 0 Å². The van der Waals surface area contributed by atoms with Gasteiger partial charge in [-0.1, -0.05) is 0 Å². The maximum absolute atomic E-state index is 12.9. The van der Waals surface area contributed by atoms with E-state index in [1.165, 1.54) is 51.4 Å². The van der Waals surface area contributed by atoms with Gasteiger partial charge in [0.25, 0.3) is 5.91 Å². The van der Waals surface area contributed by atoms with Gasteiger partial charge < -0.3 is 0 Å². The van der Waals surface area contributed by atoms with E-state index >= 15 is 0 Å². The molecule has 4 atom stereocenters. The lowest BCUT2D eigenvalue weighted by molar-refractivity contribution is -0.688. The van der Waals surface area contributed by atoms with E-state index < -0.39 is 0 Å². The summed E-state index contributed by atoms with van der Waals surface area (Å²) in [6.45, 7) is 0. The minimum absolute atomic E-state index is 0.341. The van der Waals surface area contributed by atoms with Crippen LogP contribution < -0.4 is 0 Å². The van der Waals surface area contributed by atoms with Crippen LogP contribution in [0.1, 0.15) is 51.4 Å². The molecule has 3 nitrogen and oxygen atoms in total. The number of carbonyl (C=O) groups excluding carboxylic acids is 1. The first-order valence-corrected chi connectivity index (χ1v) is 9.64. The van der Waals surface area contributed by atoms with Crippen molar-refractivity contribution in [2.45, 2.75) is 57.4 Å². The highest BCUT2D eigenvalue weighted by Gasteiger charge is 2.66. The van der Waals surface area contributed by atoms with Crippen molar-refractivity contribution in [3.63, 3.8) is 0 Å². The molecular weight excluding hydrogens is 272 g/mol. The number of hydrazine groups is 1. The number of hydrogen-bond acceptors (Lipinski definition) is 1. The quantitative estimate of drug-likeness (QED) is 0.631. The van der Waals surface area contributed by atoms with E-state index in [0.717, 1.165) is 29.6 Å². The summed E-state index contributed by atoms with van der Waals surface area (Å²) in [5.74, 6) is 5.91. The average Bonchev–Trinajstić information content (AvgIpc) is 3.15. The Morgan fingerprint density at radius 3 is 2.23 bits per heavy atom. The zero-order chi connectivity index (χ0) is 14.6. The molecule has 6 aliphatic carbocycles. The maximum atomic E-state index is 12.9. The normalized spacial score (nSPS) is 54.8. The molecule has 7 rings (SSSR count). The van der Waals surface area contributed by atoms with Gasteiger partial charge in [-0.05, 0) is 69.1 Å². The second-order valence-corrected chi connectivity index (χ2v) is 9.29. The Morgan fingerprint density at radius 1 is 0.909 bits per heavy atom. The third kappa shape index (κ3) is 1.36. The van der Waals surface area contributed by atoms with E-state index in [1.54, 1.807) is 5.71 Å². The average molecular weight is 299 g/mol. The van der Waals surface area contributed by atoms with Crippen molar-refractivity contribution in [3.05, 3.63) is 0 Å². The molecule has 1 aliphatic heterocycles. The molecule has 7 fully saturated rings. The zero-order valence-electron chi connectivity index (χ0n) is 13.6. The van der Waals surface area contributed by atoms with Crippen LogP contribution in [0.15, 0.2) is 0 Å². The van der Waals surface area contributed by atoms with Crippen molar-refractivity contribution < 1.29 is 9.48 Å². The van der Waals surface area contributed by atoms with Gasteiger partial charge in [-0.2, -0.15) is 0 Å². The smallest absolute Gasteiger partial charge is 0.268 e. The summed E-state index contributed by atoms with van der Waals surface area (Å²) in [4.78, 5) is 12.9. The number of amides is 1. The molecule has 0 N–H and O–H groups in total. The summed E-state index contributed by atoms with van der Waals surface area (Å²) in [5, 5.41) is 2.07. The topological polar surface area (TPSA) is 23.3 Å². The molecule has 1 heterocycles. The Kier molecular flexibility index (Phi) is 2.26. The monoisotopic (exact) mass is 299 g/mol. The first kappa shape index (κ1) is 12.5. The minimum atomic E-state index is 0.341. The molecule has 22 heavy (non-hydrogen) atoms. The van der Waals surface area contributed by atoms with Gasteiger partial charge in [0, 0.05) is 17.8 Å². The lowest BCUT2D eigenvalue weighted by Gasteiger charge is -2.48. The number of rotatable bonds is 0. The molecule has 0 spiro atoms. The molecule has 0 unspecified atom stereocenters. The van der Waals surface area contributed by atoms with Gasteiger partial charge in [-0.15, -0.1) is 9.69 Å². The van der Waals surface area contributed by atoms with Crippen molar-refractivity contribution in [2.24, 2.45) is 41.4 Å². The zero-order valence-corrected chi connectivity index (χ0v) is 13.6. The predicted molar refractivity (Wildman–Crippen MR) is 83.2 cm³/mol. The van der Waals surface area contributed by atoms with Crippen LogP contribution in [0.5, 0.6) is 0 Å². The van der Waals surface area contributed by atoms with Crippen LogP contribution in [0.4, 0.5) is 0 Å². The molecule has 6 bridgehead atoms. The number of hydrazone groups is 1. The third-order valence-electron chi connectivity index (χ3n) is 8.32. The number of nitrogens with zero attached hydrogens (tertiary/aromatic N) is 2. The molecule has 0 aromatic heterocycles. The number of hydrogen-bond donors (Lipinski definition) is 0. The van der Waals surface area contributed by atoms with E-state index in [0.29, 0.717) is 23.8 Å². The van der Waals surface area contributed by atoms with Crippen molar-refractivity contribution in [1.82, 2.24) is 5.01 Å². The first-order chi connectivity index (χ1) is 10.7. The van der Waals surface area contributed by atoms with Gasteiger partial charge in [0.2, 0.25) is 0 Å². The molecule has 0 aromatic carbocycles. The number of carbonyl (C=O) groups is 1. The van der Waals surface area contributed by atoms with E-state index in [2.05, 4.69) is 16.7 Å². The van der Waals surface area contributed by atoms with E-state index in [-0.39, 0.29) is 0 Å². The first-order valence-electron chi connectivity index (χ1n) is 9.64. The van der Waals surface area contributed by atoms with Gasteiger partial charge in [-0.3, -0.25) is 4.79 Å². The van der Waals surface area contributed by atoms with Gasteiger partial charge >= 0.3 is 0 Å². The minimum Gasteiger partial charge on any atom is -0.268 e. The fourth-order valence-corrected chi connectivity index (χ4v) is 7.87. The molecule has 1 saturated heterocycles. The number of fused-ring (bicyclic) bond motifs is 5. The second kappa shape index (κ2) is 3.96. The predicted octanol–water partition coefficient (Wildman–Crippen LogP) is 2.70. The van der Waals surface area contributed by atoms with Gasteiger partial charge in [0.15, 0.2) is 11.8 Å². The van der Waals surface area contributed by atoms with Crippen molar-refractivity contribution >= 4 is 11.6 Å². The standard InChI is InChI=1S/C19H27N2O/c1-20-19(22)16-12-2-3-13(9-12)18(16)21(20)17-14-5-10-4-11(7-14)8-15(17)6-10/h10-16,18H,2-9H2,1H3/q+1/t10?,11?,12-,13+,14?,15?,16+,18-/m1/s1. The largest absolute Gasteiger partial charge is 0.287 e. The molecule has 0 aromatic rings. The van der Waals surface area contributed by atoms with E-state index in [4.69, 9.17) is 0 Å². The Bertz CT molecular complexity index is 564. The Labute approximate surface area is 132 Å². The SMILES string of the molecule is CN1C(=O)[C@H]2[C@@H]3CC[C@@H](C3)[C@H]2[N+]1=C1C2CC3CC(C2)CC1C3. The fourth-order valence-electron chi connectivity index (χ4n) is 7.87. The summed E-state index contributed by atoms with van der Waals surface area (Å²) < 4.78 is 2.59. The van der Waals surface area contributed by atoms with Gasteiger partial charge in [0.1, 0.15) is 5.92 Å². The summed E-state index contributed by atoms with van der Waals surface area (Å²) >= 11 is 0. The van der Waals surface area contributed by atoms with Crippen LogP contribution in [0.3, 0.4) is 0 Å². The van der Waals surface area contributed by atoms with Crippen LogP contribution in [0, 0.1) is 41.4 Å². The summed E-state index contributed by atoms with van der Waals surface area (Å²) in [6, 6.07) is 0.545. The lowest BCUT2D eigenvalue weighted by atomic mass is 9.55. The van der Waals surface area contributed by atoms with Gasteiger partial charge in [-0.25, -0.2) is 0 Å². The van der Waals surface area contributed by atoms with Crippen LogP contribution in [-0.4, -0.2) is 34.4 Å². The molecule has 7 aliphatic rings. The fraction of sp³-hybridized carbons (Fsp3) is 0.895. The molecule has 6 saturated carbocycles. The highest BCUT2D eigenvalue weighted by Crippen LogP contribution is 2.56. The molecular formula is C19H27N2O+. The summed E-state index contributed by atoms with van der Waals surface area (Å²) in [6.07, 6.45) is 11.2. The second-order valence-electron chi connectivity index (χ2n) is 9.29. The molecule has 3 heteroatoms. The van der Waals surface area contributed by atoms with Crippen molar-refractivity contribution in [2.75, 3.05) is 7.05 Å². The molecule has 0 radical (unpaired) electrons. The van der Waals surface area contributed by atoms with Crippen molar-refractivity contribution in [1.29, 1.82) is 0 Å². The highest BCUT2D eigenvalue weighted by molar-refractivity contribution is 5.89. The Balaban J connectivity index is 1.49. The molecule has 118 valence electrons. The Hall–Kier alpha value is -0.860. The summed E-state index contributed by atoms with van der Waals surface area (Å²) in [5.41, 5.74) is 1.71. The van der Waals surface area contributed by atoms with Crippen molar-refractivity contribution in [3.8, 4) is 0 Å². The van der Waals surface area contributed by atoms with Crippen LogP contribution in [0.25, 0.3) is 0 Å². The van der Waals surface area contributed by atoms with E-state index in [9.17, 15) is 4.79 Å². The Morgan fingerprint density at radius 2 is 1.55 bits per heavy atom. The maximum Gasteiger partial charge on any atom is 0.287 e. The van der Waals surface area contributed by atoms with Crippen LogP contribution in [-0.2, 0) is 4.79 Å². The van der Waals surface area contributed by atoms with E-state index in [1.807, 2.05) is 0 Å². The summed E-state index contributed by atoms with van der Waals surface area (Å²) in [7, 11) is 2.07. The molecule has 1 amide bonds. The lowest BCUT2D eigenvalue weighted by Crippen LogP contribution is -2.52.